The largest absolute Gasteiger partial charge is 0.493 e. The molecule has 0 aliphatic heterocycles. The number of hydrogen-bond donors (Lipinski definition) is 2. The quantitative estimate of drug-likeness (QED) is 0.836. The lowest BCUT2D eigenvalue weighted by molar-refractivity contribution is 0.0948. The molecule has 0 unspecified atom stereocenters. The summed E-state index contributed by atoms with van der Waals surface area (Å²) in [5, 5.41) is 4.23. The van der Waals surface area contributed by atoms with E-state index in [0.717, 1.165) is 12.8 Å². The summed E-state index contributed by atoms with van der Waals surface area (Å²) >= 11 is 0. The second kappa shape index (κ2) is 5.12. The van der Waals surface area contributed by atoms with Gasteiger partial charge in [-0.15, -0.1) is 0 Å². The van der Waals surface area contributed by atoms with E-state index in [1.54, 1.807) is 32.5 Å². The van der Waals surface area contributed by atoms with Gasteiger partial charge in [0, 0.05) is 34.8 Å². The predicted molar refractivity (Wildman–Crippen MR) is 79.7 cm³/mol. The molecule has 21 heavy (non-hydrogen) atoms. The van der Waals surface area contributed by atoms with Crippen molar-refractivity contribution in [3.05, 3.63) is 24.0 Å². The fraction of sp³-hybridized carbons (Fsp3) is 0.333. The fourth-order valence-corrected chi connectivity index (χ4v) is 2.37. The lowest BCUT2D eigenvalue weighted by Crippen LogP contribution is -2.26. The van der Waals surface area contributed by atoms with Crippen molar-refractivity contribution in [1.29, 1.82) is 0 Å². The smallest absolute Gasteiger partial charge is 0.270 e. The zero-order chi connectivity index (χ0) is 15.0. The van der Waals surface area contributed by atoms with Gasteiger partial charge in [-0.1, -0.05) is 0 Å². The van der Waals surface area contributed by atoms with Crippen molar-refractivity contribution in [2.24, 2.45) is 0 Å². The number of amides is 1. The Morgan fingerprint density at radius 1 is 1.38 bits per heavy atom. The fourth-order valence-electron chi connectivity index (χ4n) is 2.37. The molecule has 1 aliphatic rings. The summed E-state index contributed by atoms with van der Waals surface area (Å²) < 4.78 is 10.7. The Morgan fingerprint density at radius 2 is 2.14 bits per heavy atom. The highest BCUT2D eigenvalue weighted by atomic mass is 16.5. The third kappa shape index (κ3) is 2.33. The molecule has 0 radical (unpaired) electrons. The number of anilines is 1. The SMILES string of the molecule is COc1cc(N)c2c(C(=O)NC3CC3)nccc2c1OC. The molecule has 0 atom stereocenters. The van der Waals surface area contributed by atoms with Crippen LogP contribution in [0.4, 0.5) is 5.69 Å². The average molecular weight is 287 g/mol. The van der Waals surface area contributed by atoms with Crippen molar-refractivity contribution in [2.75, 3.05) is 20.0 Å². The standard InChI is InChI=1S/C15H17N3O3/c1-20-11-7-10(16)12-9(14(11)21-2)5-6-17-13(12)15(19)18-8-3-4-8/h5-8H,3-4,16H2,1-2H3,(H,18,19). The van der Waals surface area contributed by atoms with Crippen LogP contribution in [0.1, 0.15) is 23.3 Å². The number of fused-ring (bicyclic) bond motifs is 1. The molecule has 110 valence electrons. The summed E-state index contributed by atoms with van der Waals surface area (Å²) in [6.07, 6.45) is 3.61. The maximum absolute atomic E-state index is 12.3. The van der Waals surface area contributed by atoms with Crippen LogP contribution in [0.15, 0.2) is 18.3 Å². The maximum atomic E-state index is 12.3. The Hall–Kier alpha value is -2.50. The van der Waals surface area contributed by atoms with Crippen LogP contribution in [0.5, 0.6) is 11.5 Å². The number of carbonyl (C=O) groups excluding carboxylic acids is 1. The Bertz CT molecular complexity index is 711. The van der Waals surface area contributed by atoms with Gasteiger partial charge in [0.05, 0.1) is 14.2 Å². The van der Waals surface area contributed by atoms with E-state index in [0.29, 0.717) is 33.7 Å². The lowest BCUT2D eigenvalue weighted by atomic mass is 10.1. The van der Waals surface area contributed by atoms with Crippen molar-refractivity contribution in [1.82, 2.24) is 10.3 Å². The molecule has 1 fully saturated rings. The molecule has 1 amide bonds. The van der Waals surface area contributed by atoms with Gasteiger partial charge >= 0.3 is 0 Å². The normalized spacial score (nSPS) is 14.0. The van der Waals surface area contributed by atoms with Gasteiger partial charge in [-0.25, -0.2) is 0 Å². The Balaban J connectivity index is 2.19. The molecule has 1 heterocycles. The maximum Gasteiger partial charge on any atom is 0.270 e. The van der Waals surface area contributed by atoms with E-state index >= 15 is 0 Å². The number of hydrogen-bond acceptors (Lipinski definition) is 5. The highest BCUT2D eigenvalue weighted by Crippen LogP contribution is 2.40. The van der Waals surface area contributed by atoms with E-state index in [2.05, 4.69) is 10.3 Å². The Labute approximate surface area is 122 Å². The second-order valence-electron chi connectivity index (χ2n) is 5.03. The van der Waals surface area contributed by atoms with E-state index in [9.17, 15) is 4.79 Å². The van der Waals surface area contributed by atoms with Crippen molar-refractivity contribution < 1.29 is 14.3 Å². The first-order valence-corrected chi connectivity index (χ1v) is 6.75. The molecule has 6 heteroatoms. The van der Waals surface area contributed by atoms with E-state index in [4.69, 9.17) is 15.2 Å². The van der Waals surface area contributed by atoms with Gasteiger partial charge in [0.15, 0.2) is 11.5 Å². The number of rotatable bonds is 4. The number of aromatic nitrogens is 1. The monoisotopic (exact) mass is 287 g/mol. The Morgan fingerprint density at radius 3 is 2.76 bits per heavy atom. The highest BCUT2D eigenvalue weighted by molar-refractivity contribution is 6.12. The highest BCUT2D eigenvalue weighted by Gasteiger charge is 2.26. The van der Waals surface area contributed by atoms with Crippen molar-refractivity contribution >= 4 is 22.4 Å². The molecule has 1 saturated carbocycles. The summed E-state index contributed by atoms with van der Waals surface area (Å²) in [6, 6.07) is 3.67. The summed E-state index contributed by atoms with van der Waals surface area (Å²) in [5.41, 5.74) is 6.84. The van der Waals surface area contributed by atoms with Gasteiger partial charge in [-0.2, -0.15) is 0 Å². The zero-order valence-electron chi connectivity index (χ0n) is 12.0. The first-order valence-electron chi connectivity index (χ1n) is 6.75. The molecular formula is C15H17N3O3. The minimum atomic E-state index is -0.206. The molecular weight excluding hydrogens is 270 g/mol. The summed E-state index contributed by atoms with van der Waals surface area (Å²) in [4.78, 5) is 16.5. The number of methoxy groups -OCH3 is 2. The third-order valence-electron chi connectivity index (χ3n) is 3.55. The number of nitrogens with two attached hydrogens (primary N) is 1. The molecule has 0 saturated heterocycles. The van der Waals surface area contributed by atoms with E-state index < -0.39 is 0 Å². The summed E-state index contributed by atoms with van der Waals surface area (Å²) in [5.74, 6) is 0.869. The van der Waals surface area contributed by atoms with Gasteiger partial charge in [-0.05, 0) is 18.9 Å². The van der Waals surface area contributed by atoms with Crippen molar-refractivity contribution in [3.8, 4) is 11.5 Å². The van der Waals surface area contributed by atoms with Gasteiger partial charge in [-0.3, -0.25) is 9.78 Å². The van der Waals surface area contributed by atoms with Gasteiger partial charge < -0.3 is 20.5 Å². The summed E-state index contributed by atoms with van der Waals surface area (Å²) in [6.45, 7) is 0. The van der Waals surface area contributed by atoms with Crippen molar-refractivity contribution in [2.45, 2.75) is 18.9 Å². The van der Waals surface area contributed by atoms with E-state index in [-0.39, 0.29) is 11.9 Å². The topological polar surface area (TPSA) is 86.5 Å². The molecule has 0 spiro atoms. The second-order valence-corrected chi connectivity index (χ2v) is 5.03. The van der Waals surface area contributed by atoms with Crippen LogP contribution in [0.25, 0.3) is 10.8 Å². The number of pyridine rings is 1. The number of nitrogens with one attached hydrogen (secondary N) is 1. The number of carbonyl (C=O) groups is 1. The minimum Gasteiger partial charge on any atom is -0.493 e. The molecule has 1 aliphatic carbocycles. The van der Waals surface area contributed by atoms with Crippen LogP contribution >= 0.6 is 0 Å². The van der Waals surface area contributed by atoms with Gasteiger partial charge in [0.1, 0.15) is 5.69 Å². The first kappa shape index (κ1) is 13.5. The molecule has 2 aromatic rings. The van der Waals surface area contributed by atoms with Crippen LogP contribution in [0, 0.1) is 0 Å². The molecule has 1 aromatic carbocycles. The van der Waals surface area contributed by atoms with Gasteiger partial charge in [0.2, 0.25) is 0 Å². The van der Waals surface area contributed by atoms with Crippen LogP contribution in [-0.4, -0.2) is 31.2 Å². The van der Waals surface area contributed by atoms with Crippen molar-refractivity contribution in [3.63, 3.8) is 0 Å². The number of ether oxygens (including phenoxy) is 2. The molecule has 1 aromatic heterocycles. The molecule has 6 nitrogen and oxygen atoms in total. The summed E-state index contributed by atoms with van der Waals surface area (Å²) in [7, 11) is 3.10. The number of nitrogens with zero attached hydrogens (tertiary/aromatic N) is 1. The van der Waals surface area contributed by atoms with Crippen LogP contribution < -0.4 is 20.5 Å². The van der Waals surface area contributed by atoms with E-state index in [1.165, 1.54) is 0 Å². The molecule has 3 rings (SSSR count). The predicted octanol–water partition coefficient (Wildman–Crippen LogP) is 1.73. The number of nitrogen functional groups attached to an aromatic ring is 1. The lowest BCUT2D eigenvalue weighted by Gasteiger charge is -2.14. The van der Waals surface area contributed by atoms with Gasteiger partial charge in [0.25, 0.3) is 5.91 Å². The van der Waals surface area contributed by atoms with E-state index in [1.807, 2.05) is 0 Å². The molecule has 0 bridgehead atoms. The minimum absolute atomic E-state index is 0.206. The van der Waals surface area contributed by atoms with Crippen LogP contribution in [0.2, 0.25) is 0 Å². The zero-order valence-corrected chi connectivity index (χ0v) is 12.0. The first-order chi connectivity index (χ1) is 10.2. The molecule has 3 N–H and O–H groups in total. The third-order valence-corrected chi connectivity index (χ3v) is 3.55. The number of benzene rings is 1. The average Bonchev–Trinajstić information content (AvgIpc) is 3.30. The van der Waals surface area contributed by atoms with Crippen LogP contribution in [-0.2, 0) is 0 Å². The Kier molecular flexibility index (Phi) is 3.29. The van der Waals surface area contributed by atoms with Crippen LogP contribution in [0.3, 0.4) is 0 Å².